The molecule has 1 aromatic heterocycles. The van der Waals surface area contributed by atoms with E-state index < -0.39 is 0 Å². The number of hydrogen-bond donors (Lipinski definition) is 0. The van der Waals surface area contributed by atoms with Crippen LogP contribution in [0.3, 0.4) is 0 Å². The van der Waals surface area contributed by atoms with E-state index >= 15 is 0 Å². The zero-order valence-corrected chi connectivity index (χ0v) is 12.3. The molecule has 3 rings (SSSR count). The lowest BCUT2D eigenvalue weighted by Crippen LogP contribution is -2.17. The summed E-state index contributed by atoms with van der Waals surface area (Å²) in [5.74, 6) is 0. The van der Waals surface area contributed by atoms with Crippen LogP contribution in [0.4, 0.5) is 5.69 Å². The lowest BCUT2D eigenvalue weighted by atomic mass is 10.2. The lowest BCUT2D eigenvalue weighted by molar-refractivity contribution is 0.111. The second-order valence-electron chi connectivity index (χ2n) is 5.41. The SMILES string of the molecule is CCCc1c(C=O)nnn1-c1ccc(N2CCCC2)cc1. The van der Waals surface area contributed by atoms with Crippen LogP contribution in [0.15, 0.2) is 24.3 Å². The Hall–Kier alpha value is -2.17. The molecule has 0 radical (unpaired) electrons. The molecule has 0 aliphatic carbocycles. The molecule has 1 aliphatic rings. The number of hydrogen-bond acceptors (Lipinski definition) is 4. The Kier molecular flexibility index (Phi) is 3.99. The molecule has 0 saturated carbocycles. The lowest BCUT2D eigenvalue weighted by Gasteiger charge is -2.17. The number of aromatic nitrogens is 3. The highest BCUT2D eigenvalue weighted by Crippen LogP contribution is 2.22. The molecule has 0 N–H and O–H groups in total. The van der Waals surface area contributed by atoms with E-state index in [0.29, 0.717) is 5.69 Å². The standard InChI is InChI=1S/C16H20N4O/c1-2-5-16-15(12-21)17-18-20(16)14-8-6-13(7-9-14)19-10-3-4-11-19/h6-9,12H,2-5,10-11H2,1H3. The Morgan fingerprint density at radius 1 is 1.14 bits per heavy atom. The molecule has 1 aromatic carbocycles. The van der Waals surface area contributed by atoms with Crippen LogP contribution >= 0.6 is 0 Å². The highest BCUT2D eigenvalue weighted by molar-refractivity contribution is 5.73. The maximum atomic E-state index is 11.1. The molecule has 2 aromatic rings. The minimum absolute atomic E-state index is 0.445. The van der Waals surface area contributed by atoms with Crippen LogP contribution in [0.25, 0.3) is 5.69 Å². The summed E-state index contributed by atoms with van der Waals surface area (Å²) in [6.07, 6.45) is 5.09. The van der Waals surface area contributed by atoms with Gasteiger partial charge in [-0.2, -0.15) is 0 Å². The second-order valence-corrected chi connectivity index (χ2v) is 5.41. The highest BCUT2D eigenvalue weighted by atomic mass is 16.1. The molecule has 5 nitrogen and oxygen atoms in total. The first kappa shape index (κ1) is 13.8. The van der Waals surface area contributed by atoms with Crippen molar-refractivity contribution in [2.24, 2.45) is 0 Å². The van der Waals surface area contributed by atoms with Gasteiger partial charge in [-0.3, -0.25) is 4.79 Å². The van der Waals surface area contributed by atoms with Crippen molar-refractivity contribution < 1.29 is 4.79 Å². The van der Waals surface area contributed by atoms with Gasteiger partial charge in [0.1, 0.15) is 5.69 Å². The highest BCUT2D eigenvalue weighted by Gasteiger charge is 2.15. The molecule has 21 heavy (non-hydrogen) atoms. The summed E-state index contributed by atoms with van der Waals surface area (Å²) in [6.45, 7) is 4.36. The van der Waals surface area contributed by atoms with E-state index in [1.165, 1.54) is 18.5 Å². The summed E-state index contributed by atoms with van der Waals surface area (Å²) < 4.78 is 1.78. The molecule has 110 valence electrons. The van der Waals surface area contributed by atoms with Gasteiger partial charge in [0.05, 0.1) is 11.4 Å². The zero-order chi connectivity index (χ0) is 14.7. The van der Waals surface area contributed by atoms with Crippen LogP contribution in [0.2, 0.25) is 0 Å². The van der Waals surface area contributed by atoms with Crippen molar-refractivity contribution in [2.75, 3.05) is 18.0 Å². The summed E-state index contributed by atoms with van der Waals surface area (Å²) in [4.78, 5) is 13.5. The molecular formula is C16H20N4O. The molecule has 2 heterocycles. The van der Waals surface area contributed by atoms with Crippen molar-refractivity contribution in [3.8, 4) is 5.69 Å². The summed E-state index contributed by atoms with van der Waals surface area (Å²) in [7, 11) is 0. The van der Waals surface area contributed by atoms with Crippen molar-refractivity contribution in [1.29, 1.82) is 0 Å². The first-order chi connectivity index (χ1) is 10.3. The number of anilines is 1. The van der Waals surface area contributed by atoms with Crippen LogP contribution in [-0.2, 0) is 6.42 Å². The van der Waals surface area contributed by atoms with E-state index in [0.717, 1.165) is 43.6 Å². The van der Waals surface area contributed by atoms with E-state index in [2.05, 4.69) is 46.4 Å². The van der Waals surface area contributed by atoms with Crippen molar-refractivity contribution >= 4 is 12.0 Å². The van der Waals surface area contributed by atoms with Gasteiger partial charge in [0.25, 0.3) is 0 Å². The summed E-state index contributed by atoms with van der Waals surface area (Å²) >= 11 is 0. The number of rotatable bonds is 5. The third kappa shape index (κ3) is 2.68. The largest absolute Gasteiger partial charge is 0.372 e. The predicted octanol–water partition coefficient (Wildman–Crippen LogP) is 2.63. The second kappa shape index (κ2) is 6.08. The Balaban J connectivity index is 1.89. The van der Waals surface area contributed by atoms with Gasteiger partial charge in [-0.25, -0.2) is 4.68 Å². The number of aldehydes is 1. The van der Waals surface area contributed by atoms with Gasteiger partial charge in [-0.1, -0.05) is 18.6 Å². The fourth-order valence-corrected chi connectivity index (χ4v) is 2.86. The van der Waals surface area contributed by atoms with E-state index in [1.807, 2.05) is 0 Å². The Morgan fingerprint density at radius 3 is 2.43 bits per heavy atom. The van der Waals surface area contributed by atoms with E-state index in [9.17, 15) is 4.79 Å². The molecular weight excluding hydrogens is 264 g/mol. The summed E-state index contributed by atoms with van der Waals surface area (Å²) in [5.41, 5.74) is 3.55. The summed E-state index contributed by atoms with van der Waals surface area (Å²) in [5, 5.41) is 8.09. The fourth-order valence-electron chi connectivity index (χ4n) is 2.86. The molecule has 0 unspecified atom stereocenters. The maximum absolute atomic E-state index is 11.1. The third-order valence-corrected chi connectivity index (χ3v) is 3.96. The molecule has 0 atom stereocenters. The van der Waals surface area contributed by atoms with Crippen LogP contribution in [0.5, 0.6) is 0 Å². The topological polar surface area (TPSA) is 51.0 Å². The van der Waals surface area contributed by atoms with Gasteiger partial charge in [0.15, 0.2) is 6.29 Å². The maximum Gasteiger partial charge on any atom is 0.172 e. The van der Waals surface area contributed by atoms with Crippen LogP contribution in [0, 0.1) is 0 Å². The quantitative estimate of drug-likeness (QED) is 0.792. The van der Waals surface area contributed by atoms with Crippen LogP contribution in [0.1, 0.15) is 42.4 Å². The van der Waals surface area contributed by atoms with Gasteiger partial charge in [-0.15, -0.1) is 5.10 Å². The molecule has 5 heteroatoms. The normalized spacial score (nSPS) is 14.6. The molecule has 1 saturated heterocycles. The minimum Gasteiger partial charge on any atom is -0.372 e. The van der Waals surface area contributed by atoms with E-state index in [1.54, 1.807) is 4.68 Å². The Labute approximate surface area is 124 Å². The van der Waals surface area contributed by atoms with Gasteiger partial charge in [0, 0.05) is 18.8 Å². The first-order valence-electron chi connectivity index (χ1n) is 7.58. The molecule has 1 fully saturated rings. The molecule has 0 amide bonds. The van der Waals surface area contributed by atoms with Gasteiger partial charge in [-0.05, 0) is 43.5 Å². The van der Waals surface area contributed by atoms with Gasteiger partial charge in [0.2, 0.25) is 0 Å². The number of benzene rings is 1. The minimum atomic E-state index is 0.445. The monoisotopic (exact) mass is 284 g/mol. The third-order valence-electron chi connectivity index (χ3n) is 3.96. The van der Waals surface area contributed by atoms with Gasteiger partial charge >= 0.3 is 0 Å². The number of carbonyl (C=O) groups excluding carboxylic acids is 1. The molecule has 0 bridgehead atoms. The van der Waals surface area contributed by atoms with E-state index in [-0.39, 0.29) is 0 Å². The number of nitrogens with zero attached hydrogens (tertiary/aromatic N) is 4. The fraction of sp³-hybridized carbons (Fsp3) is 0.438. The van der Waals surface area contributed by atoms with Crippen molar-refractivity contribution in [3.63, 3.8) is 0 Å². The van der Waals surface area contributed by atoms with Crippen molar-refractivity contribution in [3.05, 3.63) is 35.7 Å². The summed E-state index contributed by atoms with van der Waals surface area (Å²) in [6, 6.07) is 8.35. The van der Waals surface area contributed by atoms with Crippen molar-refractivity contribution in [2.45, 2.75) is 32.6 Å². The Morgan fingerprint density at radius 2 is 1.81 bits per heavy atom. The average Bonchev–Trinajstić information content (AvgIpc) is 3.17. The molecule has 0 spiro atoms. The molecule has 1 aliphatic heterocycles. The average molecular weight is 284 g/mol. The smallest absolute Gasteiger partial charge is 0.172 e. The predicted molar refractivity (Wildman–Crippen MR) is 82.2 cm³/mol. The Bertz CT molecular complexity index is 612. The van der Waals surface area contributed by atoms with Gasteiger partial charge < -0.3 is 4.90 Å². The van der Waals surface area contributed by atoms with Crippen molar-refractivity contribution in [1.82, 2.24) is 15.0 Å². The number of carbonyl (C=O) groups is 1. The van der Waals surface area contributed by atoms with Crippen LogP contribution < -0.4 is 4.90 Å². The first-order valence-corrected chi connectivity index (χ1v) is 7.58. The van der Waals surface area contributed by atoms with E-state index in [4.69, 9.17) is 0 Å². The van der Waals surface area contributed by atoms with Crippen LogP contribution in [-0.4, -0.2) is 34.4 Å². The zero-order valence-electron chi connectivity index (χ0n) is 12.3.